The van der Waals surface area contributed by atoms with E-state index in [1.54, 1.807) is 13.2 Å². The fraction of sp³-hybridized carbons (Fsp3) is 0.500. The van der Waals surface area contributed by atoms with Gasteiger partial charge in [-0.05, 0) is 0 Å². The third-order valence-electron chi connectivity index (χ3n) is 1.89. The van der Waals surface area contributed by atoms with Crippen molar-refractivity contribution in [1.29, 1.82) is 5.26 Å². The first-order valence-corrected chi connectivity index (χ1v) is 4.83. The average molecular weight is 223 g/mol. The second-order valence-corrected chi connectivity index (χ2v) is 3.04. The lowest BCUT2D eigenvalue weighted by Gasteiger charge is -2.02. The minimum absolute atomic E-state index is 0.0176. The summed E-state index contributed by atoms with van der Waals surface area (Å²) in [5.74, 6) is 0.515. The van der Waals surface area contributed by atoms with Crippen LogP contribution in [0, 0.1) is 11.3 Å². The molecule has 1 N–H and O–H groups in total. The number of hydrogen-bond donors (Lipinski definition) is 1. The lowest BCUT2D eigenvalue weighted by molar-refractivity contribution is 0.0716. The highest BCUT2D eigenvalue weighted by molar-refractivity contribution is 5.21. The Labute approximate surface area is 92.8 Å². The number of nitrogens with zero attached hydrogens (tertiary/aromatic N) is 2. The SMILES string of the molecule is COCCOCCc1ncc(C#N)c(=O)[nH]1. The van der Waals surface area contributed by atoms with Crippen molar-refractivity contribution in [2.75, 3.05) is 26.9 Å². The first-order valence-electron chi connectivity index (χ1n) is 4.83. The highest BCUT2D eigenvalue weighted by atomic mass is 16.5. The monoisotopic (exact) mass is 223 g/mol. The number of hydrogen-bond acceptors (Lipinski definition) is 5. The van der Waals surface area contributed by atoms with Gasteiger partial charge in [0.2, 0.25) is 0 Å². The summed E-state index contributed by atoms with van der Waals surface area (Å²) in [7, 11) is 1.60. The lowest BCUT2D eigenvalue weighted by Crippen LogP contribution is -2.16. The minimum Gasteiger partial charge on any atom is -0.382 e. The fourth-order valence-corrected chi connectivity index (χ4v) is 1.05. The van der Waals surface area contributed by atoms with Crippen molar-refractivity contribution >= 4 is 0 Å². The molecule has 86 valence electrons. The van der Waals surface area contributed by atoms with Gasteiger partial charge >= 0.3 is 0 Å². The van der Waals surface area contributed by atoms with Crippen LogP contribution in [0.15, 0.2) is 11.0 Å². The quantitative estimate of drug-likeness (QED) is 0.677. The second-order valence-electron chi connectivity index (χ2n) is 3.04. The van der Waals surface area contributed by atoms with Crippen LogP contribution in [0.3, 0.4) is 0 Å². The molecule has 0 spiro atoms. The summed E-state index contributed by atoms with van der Waals surface area (Å²) in [5, 5.41) is 8.53. The Hall–Kier alpha value is -1.71. The van der Waals surface area contributed by atoms with Crippen LogP contribution >= 0.6 is 0 Å². The number of rotatable bonds is 6. The maximum absolute atomic E-state index is 11.2. The minimum atomic E-state index is -0.413. The number of aromatic nitrogens is 2. The van der Waals surface area contributed by atoms with E-state index < -0.39 is 5.56 Å². The number of nitrogens with one attached hydrogen (secondary N) is 1. The predicted octanol–water partition coefficient (Wildman–Crippen LogP) is -0.153. The van der Waals surface area contributed by atoms with Gasteiger partial charge in [-0.15, -0.1) is 0 Å². The lowest BCUT2D eigenvalue weighted by atomic mass is 10.3. The summed E-state index contributed by atoms with van der Waals surface area (Å²) in [6.45, 7) is 1.51. The first-order chi connectivity index (χ1) is 7.77. The summed E-state index contributed by atoms with van der Waals surface area (Å²) < 4.78 is 10.0. The highest BCUT2D eigenvalue weighted by Crippen LogP contribution is 1.91. The molecule has 0 saturated heterocycles. The van der Waals surface area contributed by atoms with E-state index in [0.717, 1.165) is 0 Å². The predicted molar refractivity (Wildman–Crippen MR) is 56.0 cm³/mol. The van der Waals surface area contributed by atoms with Crippen molar-refractivity contribution in [2.45, 2.75) is 6.42 Å². The molecule has 1 aromatic heterocycles. The van der Waals surface area contributed by atoms with Crippen LogP contribution in [-0.2, 0) is 15.9 Å². The van der Waals surface area contributed by atoms with E-state index >= 15 is 0 Å². The van der Waals surface area contributed by atoms with Gasteiger partial charge in [0.05, 0.1) is 26.0 Å². The van der Waals surface area contributed by atoms with E-state index in [1.807, 2.05) is 0 Å². The normalized spacial score (nSPS) is 10.0. The van der Waals surface area contributed by atoms with E-state index in [9.17, 15) is 4.79 Å². The standard InChI is InChI=1S/C10H13N3O3/c1-15-4-5-16-3-2-9-12-7-8(6-11)10(14)13-9/h7H,2-5H2,1H3,(H,12,13,14). The highest BCUT2D eigenvalue weighted by Gasteiger charge is 2.01. The van der Waals surface area contributed by atoms with Gasteiger partial charge in [0.1, 0.15) is 17.5 Å². The fourth-order valence-electron chi connectivity index (χ4n) is 1.05. The van der Waals surface area contributed by atoms with E-state index in [1.165, 1.54) is 6.20 Å². The zero-order valence-electron chi connectivity index (χ0n) is 9.02. The van der Waals surface area contributed by atoms with Gasteiger partial charge in [-0.25, -0.2) is 4.98 Å². The van der Waals surface area contributed by atoms with Gasteiger partial charge < -0.3 is 14.5 Å². The summed E-state index contributed by atoms with van der Waals surface area (Å²) in [6.07, 6.45) is 1.77. The van der Waals surface area contributed by atoms with Crippen LogP contribution in [0.25, 0.3) is 0 Å². The molecule has 1 heterocycles. The van der Waals surface area contributed by atoms with E-state index in [2.05, 4.69) is 9.97 Å². The van der Waals surface area contributed by atoms with Crippen LogP contribution in [0.5, 0.6) is 0 Å². The summed E-state index contributed by atoms with van der Waals surface area (Å²) in [5.41, 5.74) is -0.395. The number of aromatic amines is 1. The molecule has 1 aromatic rings. The topological polar surface area (TPSA) is 88.0 Å². The molecule has 16 heavy (non-hydrogen) atoms. The zero-order valence-corrected chi connectivity index (χ0v) is 9.02. The Morgan fingerprint density at radius 1 is 1.50 bits per heavy atom. The van der Waals surface area contributed by atoms with Gasteiger partial charge in [-0.2, -0.15) is 5.26 Å². The number of methoxy groups -OCH3 is 1. The summed E-state index contributed by atoms with van der Waals surface area (Å²) >= 11 is 0. The van der Waals surface area contributed by atoms with Crippen molar-refractivity contribution in [2.24, 2.45) is 0 Å². The molecule has 0 aromatic carbocycles. The molecule has 0 aliphatic carbocycles. The molecule has 0 unspecified atom stereocenters. The zero-order chi connectivity index (χ0) is 11.8. The Bertz CT molecular complexity index is 422. The molecule has 1 rings (SSSR count). The van der Waals surface area contributed by atoms with Crippen molar-refractivity contribution in [3.05, 3.63) is 27.9 Å². The van der Waals surface area contributed by atoms with Crippen LogP contribution in [-0.4, -0.2) is 36.9 Å². The third kappa shape index (κ3) is 3.81. The Balaban J connectivity index is 2.41. The van der Waals surface area contributed by atoms with Gasteiger partial charge in [0.15, 0.2) is 0 Å². The van der Waals surface area contributed by atoms with E-state index in [-0.39, 0.29) is 5.56 Å². The molecule has 0 atom stereocenters. The average Bonchev–Trinajstić information content (AvgIpc) is 2.29. The van der Waals surface area contributed by atoms with E-state index in [0.29, 0.717) is 32.1 Å². The Morgan fingerprint density at radius 3 is 2.94 bits per heavy atom. The van der Waals surface area contributed by atoms with Crippen molar-refractivity contribution < 1.29 is 9.47 Å². The molecular weight excluding hydrogens is 210 g/mol. The molecule has 0 aliphatic rings. The molecular formula is C10H13N3O3. The van der Waals surface area contributed by atoms with Crippen LogP contribution < -0.4 is 5.56 Å². The molecule has 0 bridgehead atoms. The van der Waals surface area contributed by atoms with Gasteiger partial charge in [-0.1, -0.05) is 0 Å². The molecule has 0 saturated carbocycles. The van der Waals surface area contributed by atoms with Crippen LogP contribution in [0.4, 0.5) is 0 Å². The molecule has 0 amide bonds. The number of ether oxygens (including phenoxy) is 2. The Kier molecular flexibility index (Phi) is 5.19. The summed E-state index contributed by atoms with van der Waals surface area (Å²) in [6, 6.07) is 1.75. The molecule has 6 nitrogen and oxygen atoms in total. The Morgan fingerprint density at radius 2 is 2.31 bits per heavy atom. The van der Waals surface area contributed by atoms with Crippen LogP contribution in [0.1, 0.15) is 11.4 Å². The first kappa shape index (κ1) is 12.4. The van der Waals surface area contributed by atoms with Crippen molar-refractivity contribution in [3.63, 3.8) is 0 Å². The van der Waals surface area contributed by atoms with E-state index in [4.69, 9.17) is 14.7 Å². The summed E-state index contributed by atoms with van der Waals surface area (Å²) in [4.78, 5) is 17.7. The largest absolute Gasteiger partial charge is 0.382 e. The molecule has 0 radical (unpaired) electrons. The van der Waals surface area contributed by atoms with Crippen molar-refractivity contribution in [1.82, 2.24) is 9.97 Å². The van der Waals surface area contributed by atoms with Gasteiger partial charge in [0.25, 0.3) is 5.56 Å². The van der Waals surface area contributed by atoms with Gasteiger partial charge in [-0.3, -0.25) is 4.79 Å². The maximum Gasteiger partial charge on any atom is 0.268 e. The van der Waals surface area contributed by atoms with Crippen molar-refractivity contribution in [3.8, 4) is 6.07 Å². The smallest absolute Gasteiger partial charge is 0.268 e. The molecule has 6 heteroatoms. The second kappa shape index (κ2) is 6.71. The number of nitriles is 1. The molecule has 0 fully saturated rings. The molecule has 0 aliphatic heterocycles. The maximum atomic E-state index is 11.2. The third-order valence-corrected chi connectivity index (χ3v) is 1.89. The number of H-pyrrole nitrogens is 1. The van der Waals surface area contributed by atoms with Gasteiger partial charge in [0, 0.05) is 13.5 Å². The van der Waals surface area contributed by atoms with Crippen LogP contribution in [0.2, 0.25) is 0 Å².